The topological polar surface area (TPSA) is 0 Å². The van der Waals surface area contributed by atoms with Gasteiger partial charge in [-0.3, -0.25) is 0 Å². The van der Waals surface area contributed by atoms with Crippen molar-refractivity contribution >= 4 is 25.8 Å². The predicted molar refractivity (Wildman–Crippen MR) is 90.2 cm³/mol. The van der Waals surface area contributed by atoms with Crippen LogP contribution in [0.4, 0.5) is 0 Å². The summed E-state index contributed by atoms with van der Waals surface area (Å²) in [4.78, 5) is 1.48. The third-order valence-electron chi connectivity index (χ3n) is 3.81. The summed E-state index contributed by atoms with van der Waals surface area (Å²) < 4.78 is 0. The molecule has 0 radical (unpaired) electrons. The molecule has 0 aromatic carbocycles. The maximum Gasteiger partial charge on any atom is 0.0463 e. The Morgan fingerprint density at radius 1 is 1.32 bits per heavy atom. The van der Waals surface area contributed by atoms with Crippen LogP contribution in [0, 0.1) is 5.92 Å². The number of hydrogen-bond acceptors (Lipinski definition) is 1. The highest BCUT2D eigenvalue weighted by atomic mass is 32.2. The van der Waals surface area contributed by atoms with Crippen molar-refractivity contribution in [3.8, 4) is 0 Å². The third kappa shape index (κ3) is 2.44. The summed E-state index contributed by atoms with van der Waals surface area (Å²) in [6, 6.07) is 0. The SMILES string of the molecule is CCC1=CC(C2=C3C=CC=C3SC2C=[Si](C)C)C=C1. The minimum absolute atomic E-state index is 0.304. The maximum absolute atomic E-state index is 2.59. The molecule has 3 rings (SSSR count). The zero-order valence-corrected chi connectivity index (χ0v) is 13.6. The summed E-state index contributed by atoms with van der Waals surface area (Å²) in [6.07, 6.45) is 15.1. The van der Waals surface area contributed by atoms with Gasteiger partial charge in [0.25, 0.3) is 0 Å². The standard InChI is InChI=1S/C17H20SSi/c1-4-12-8-9-13(10-12)17-14-6-5-7-15(14)18-16(17)11-19(2)3/h5-11,13,16H,4H2,1-3H3. The van der Waals surface area contributed by atoms with Crippen LogP contribution in [0.5, 0.6) is 0 Å². The van der Waals surface area contributed by atoms with E-state index in [1.54, 1.807) is 5.57 Å². The first-order valence-electron chi connectivity index (χ1n) is 7.02. The molecule has 0 aromatic rings. The number of rotatable bonds is 3. The van der Waals surface area contributed by atoms with Crippen LogP contribution in [0.25, 0.3) is 0 Å². The van der Waals surface area contributed by atoms with E-state index in [0.717, 1.165) is 6.42 Å². The van der Waals surface area contributed by atoms with Crippen LogP contribution >= 0.6 is 11.8 Å². The Bertz CT molecular complexity index is 580. The molecule has 0 fully saturated rings. The van der Waals surface area contributed by atoms with Crippen molar-refractivity contribution in [2.75, 3.05) is 0 Å². The highest BCUT2D eigenvalue weighted by Gasteiger charge is 2.32. The minimum atomic E-state index is -0.304. The zero-order chi connectivity index (χ0) is 13.4. The lowest BCUT2D eigenvalue weighted by molar-refractivity contribution is 0.954. The van der Waals surface area contributed by atoms with E-state index in [9.17, 15) is 0 Å². The van der Waals surface area contributed by atoms with Gasteiger partial charge in [-0.1, -0.05) is 61.6 Å². The zero-order valence-electron chi connectivity index (χ0n) is 11.8. The molecule has 0 saturated carbocycles. The van der Waals surface area contributed by atoms with E-state index in [1.165, 1.54) is 16.1 Å². The summed E-state index contributed by atoms with van der Waals surface area (Å²) in [5.74, 6) is 0.522. The molecule has 0 N–H and O–H groups in total. The molecule has 0 nitrogen and oxygen atoms in total. The van der Waals surface area contributed by atoms with Crippen LogP contribution in [-0.4, -0.2) is 19.3 Å². The van der Waals surface area contributed by atoms with Crippen LogP contribution in [0.2, 0.25) is 13.1 Å². The molecule has 0 bridgehead atoms. The molecule has 2 aliphatic carbocycles. The van der Waals surface area contributed by atoms with Crippen LogP contribution in [0.1, 0.15) is 13.3 Å². The van der Waals surface area contributed by atoms with Crippen molar-refractivity contribution in [1.29, 1.82) is 0 Å². The van der Waals surface area contributed by atoms with Crippen LogP contribution in [0.15, 0.2) is 58.1 Å². The molecule has 0 amide bonds. The first-order valence-corrected chi connectivity index (χ1v) is 10.5. The average Bonchev–Trinajstić information content (AvgIpc) is 3.02. The first-order chi connectivity index (χ1) is 9.19. The fraction of sp³-hybridized carbons (Fsp3) is 0.353. The van der Waals surface area contributed by atoms with E-state index in [4.69, 9.17) is 0 Å². The van der Waals surface area contributed by atoms with Crippen molar-refractivity contribution in [3.63, 3.8) is 0 Å². The second kappa shape index (κ2) is 5.26. The monoisotopic (exact) mass is 284 g/mol. The van der Waals surface area contributed by atoms with Gasteiger partial charge in [-0.2, -0.15) is 0 Å². The first kappa shape index (κ1) is 13.1. The molecule has 0 spiro atoms. The Morgan fingerprint density at radius 2 is 2.16 bits per heavy atom. The Balaban J connectivity index is 2.00. The van der Waals surface area contributed by atoms with Gasteiger partial charge < -0.3 is 0 Å². The van der Waals surface area contributed by atoms with Gasteiger partial charge in [0.05, 0.1) is 0 Å². The van der Waals surface area contributed by atoms with Crippen LogP contribution in [-0.2, 0) is 0 Å². The molecule has 2 heteroatoms. The molecule has 2 atom stereocenters. The Labute approximate surface area is 121 Å². The predicted octanol–water partition coefficient (Wildman–Crippen LogP) is 4.51. The highest BCUT2D eigenvalue weighted by Crippen LogP contribution is 2.48. The highest BCUT2D eigenvalue weighted by molar-refractivity contribution is 8.05. The van der Waals surface area contributed by atoms with Crippen molar-refractivity contribution in [2.45, 2.75) is 31.7 Å². The fourth-order valence-electron chi connectivity index (χ4n) is 2.89. The molecule has 1 aliphatic heterocycles. The number of thioether (sulfide) groups is 1. The molecule has 3 aliphatic rings. The van der Waals surface area contributed by atoms with E-state index in [2.05, 4.69) is 62.1 Å². The summed E-state index contributed by atoms with van der Waals surface area (Å²) in [5.41, 5.74) is 7.20. The second-order valence-electron chi connectivity index (χ2n) is 5.52. The van der Waals surface area contributed by atoms with Gasteiger partial charge in [0, 0.05) is 24.5 Å². The van der Waals surface area contributed by atoms with Gasteiger partial charge in [-0.25, -0.2) is 0 Å². The van der Waals surface area contributed by atoms with E-state index >= 15 is 0 Å². The normalized spacial score (nSPS) is 27.7. The second-order valence-corrected chi connectivity index (χ2v) is 9.19. The molecule has 2 unspecified atom stereocenters. The van der Waals surface area contributed by atoms with Gasteiger partial charge in [-0.05, 0) is 23.6 Å². The van der Waals surface area contributed by atoms with Crippen molar-refractivity contribution < 1.29 is 0 Å². The summed E-state index contributed by atoms with van der Waals surface area (Å²) >= 11 is 2.04. The smallest absolute Gasteiger partial charge is 0.0463 e. The lowest BCUT2D eigenvalue weighted by atomic mass is 9.93. The summed E-state index contributed by atoms with van der Waals surface area (Å²) in [5, 5.41) is 0.595. The van der Waals surface area contributed by atoms with Crippen molar-refractivity contribution in [3.05, 3.63) is 58.1 Å². The number of hydrogen-bond donors (Lipinski definition) is 0. The molecular formula is C17H20SSi. The summed E-state index contributed by atoms with van der Waals surface area (Å²) in [7, 11) is -0.304. The van der Waals surface area contributed by atoms with Crippen LogP contribution in [0.3, 0.4) is 0 Å². The van der Waals surface area contributed by atoms with Crippen molar-refractivity contribution in [2.24, 2.45) is 5.92 Å². The summed E-state index contributed by atoms with van der Waals surface area (Å²) in [6.45, 7) is 7.00. The van der Waals surface area contributed by atoms with Crippen LogP contribution < -0.4 is 0 Å². The molecule has 1 heterocycles. The average molecular weight is 284 g/mol. The number of fused-ring (bicyclic) bond motifs is 1. The number of allylic oxidation sites excluding steroid dienone is 8. The van der Waals surface area contributed by atoms with E-state index in [-0.39, 0.29) is 8.41 Å². The molecular weight excluding hydrogens is 264 g/mol. The Morgan fingerprint density at radius 3 is 2.84 bits per heavy atom. The van der Waals surface area contributed by atoms with E-state index in [1.807, 2.05) is 11.8 Å². The molecule has 0 saturated heterocycles. The van der Waals surface area contributed by atoms with Gasteiger partial charge in [0.2, 0.25) is 0 Å². The van der Waals surface area contributed by atoms with Gasteiger partial charge in [-0.15, -0.1) is 11.8 Å². The molecule has 0 aromatic heterocycles. The van der Waals surface area contributed by atoms with Gasteiger partial charge >= 0.3 is 0 Å². The largest absolute Gasteiger partial charge is 0.114 e. The maximum atomic E-state index is 2.59. The molecule has 19 heavy (non-hydrogen) atoms. The Kier molecular flexibility index (Phi) is 3.63. The fourth-order valence-corrected chi connectivity index (χ4v) is 5.92. The lowest BCUT2D eigenvalue weighted by Crippen LogP contribution is -2.15. The Hall–Kier alpha value is -0.863. The van der Waals surface area contributed by atoms with E-state index in [0.29, 0.717) is 11.2 Å². The van der Waals surface area contributed by atoms with Gasteiger partial charge in [0.15, 0.2) is 0 Å². The van der Waals surface area contributed by atoms with E-state index < -0.39 is 0 Å². The quantitative estimate of drug-likeness (QED) is 0.687. The molecule has 98 valence electrons. The third-order valence-corrected chi connectivity index (χ3v) is 6.31. The minimum Gasteiger partial charge on any atom is -0.114 e. The lowest BCUT2D eigenvalue weighted by Gasteiger charge is -2.15. The van der Waals surface area contributed by atoms with Crippen molar-refractivity contribution in [1.82, 2.24) is 0 Å². The van der Waals surface area contributed by atoms with Gasteiger partial charge in [0.1, 0.15) is 0 Å².